The lowest BCUT2D eigenvalue weighted by atomic mass is 9.79. The van der Waals surface area contributed by atoms with Crippen LogP contribution >= 0.6 is 0 Å². The van der Waals surface area contributed by atoms with Crippen LogP contribution in [0.15, 0.2) is 12.5 Å². The highest BCUT2D eigenvalue weighted by Gasteiger charge is 2.52. The molecule has 6 heteroatoms. The predicted molar refractivity (Wildman–Crippen MR) is 85.1 cm³/mol. The highest BCUT2D eigenvalue weighted by Crippen LogP contribution is 2.43. The van der Waals surface area contributed by atoms with Crippen molar-refractivity contribution in [2.45, 2.75) is 63.2 Å². The van der Waals surface area contributed by atoms with Gasteiger partial charge in [-0.3, -0.25) is 4.79 Å². The molecule has 1 saturated heterocycles. The van der Waals surface area contributed by atoms with E-state index in [1.807, 2.05) is 4.90 Å². The van der Waals surface area contributed by atoms with Crippen molar-refractivity contribution in [2.24, 2.45) is 0 Å². The summed E-state index contributed by atoms with van der Waals surface area (Å²) in [5.74, 6) is -0.0351. The lowest BCUT2D eigenvalue weighted by molar-refractivity contribution is -0.0824. The molecule has 1 saturated carbocycles. The number of rotatable bonds is 4. The fourth-order valence-electron chi connectivity index (χ4n) is 4.04. The topological polar surface area (TPSA) is 75.6 Å². The van der Waals surface area contributed by atoms with Gasteiger partial charge in [-0.2, -0.15) is 0 Å². The van der Waals surface area contributed by atoms with Gasteiger partial charge in [0.2, 0.25) is 0 Å². The van der Waals surface area contributed by atoms with E-state index in [1.165, 1.54) is 6.33 Å². The van der Waals surface area contributed by atoms with Crippen molar-refractivity contribution in [3.63, 3.8) is 0 Å². The largest absolute Gasteiger partial charge is 0.393 e. The summed E-state index contributed by atoms with van der Waals surface area (Å²) in [7, 11) is 1.72. The summed E-state index contributed by atoms with van der Waals surface area (Å²) in [6.45, 7) is 2.73. The standard InChI is InChI=1S/C17H25N3O3/c1-3-4-14-13(10-18-11-19-14)16(22)20-8-7-17(23-2)6-5-12(21)9-15(17)20/h10-12,15,21H,3-9H2,1-2H3/t12-,15-,17+/m0/s1. The van der Waals surface area contributed by atoms with Crippen LogP contribution in [0.5, 0.6) is 0 Å². The van der Waals surface area contributed by atoms with Crippen LogP contribution in [0.2, 0.25) is 0 Å². The third-order valence-corrected chi connectivity index (χ3v) is 5.33. The second-order valence-corrected chi connectivity index (χ2v) is 6.59. The summed E-state index contributed by atoms with van der Waals surface area (Å²) < 4.78 is 5.81. The zero-order valence-corrected chi connectivity index (χ0v) is 13.9. The molecule has 1 aliphatic carbocycles. The lowest BCUT2D eigenvalue weighted by Gasteiger charge is -2.42. The smallest absolute Gasteiger partial charge is 0.257 e. The first kappa shape index (κ1) is 16.3. The molecule has 126 valence electrons. The first-order valence-corrected chi connectivity index (χ1v) is 8.44. The van der Waals surface area contributed by atoms with Crippen molar-refractivity contribution in [2.75, 3.05) is 13.7 Å². The van der Waals surface area contributed by atoms with Crippen molar-refractivity contribution in [1.82, 2.24) is 14.9 Å². The molecule has 0 aromatic carbocycles. The van der Waals surface area contributed by atoms with Gasteiger partial charge in [-0.05, 0) is 32.1 Å². The molecule has 1 aromatic rings. The third kappa shape index (κ3) is 2.85. The van der Waals surface area contributed by atoms with Crippen LogP contribution in [0.4, 0.5) is 0 Å². The predicted octanol–water partition coefficient (Wildman–Crippen LogP) is 1.57. The minimum Gasteiger partial charge on any atom is -0.393 e. The number of hydrogen-bond donors (Lipinski definition) is 1. The minimum atomic E-state index is -0.362. The fraction of sp³-hybridized carbons (Fsp3) is 0.706. The molecule has 3 atom stereocenters. The highest BCUT2D eigenvalue weighted by molar-refractivity contribution is 5.95. The van der Waals surface area contributed by atoms with E-state index in [4.69, 9.17) is 4.74 Å². The van der Waals surface area contributed by atoms with Gasteiger partial charge >= 0.3 is 0 Å². The van der Waals surface area contributed by atoms with Crippen molar-refractivity contribution in [1.29, 1.82) is 0 Å². The highest BCUT2D eigenvalue weighted by atomic mass is 16.5. The number of likely N-dealkylation sites (tertiary alicyclic amines) is 1. The maximum absolute atomic E-state index is 13.1. The van der Waals surface area contributed by atoms with Crippen molar-refractivity contribution < 1.29 is 14.6 Å². The van der Waals surface area contributed by atoms with E-state index in [1.54, 1.807) is 13.3 Å². The van der Waals surface area contributed by atoms with Gasteiger partial charge in [-0.15, -0.1) is 0 Å². The zero-order chi connectivity index (χ0) is 16.4. The van der Waals surface area contributed by atoms with Gasteiger partial charge in [0, 0.05) is 19.9 Å². The van der Waals surface area contributed by atoms with Crippen molar-refractivity contribution in [3.05, 3.63) is 23.8 Å². The molecule has 1 amide bonds. The number of aliphatic hydroxyl groups is 1. The number of fused-ring (bicyclic) bond motifs is 1. The quantitative estimate of drug-likeness (QED) is 0.912. The normalized spacial score (nSPS) is 30.3. The number of aliphatic hydroxyl groups excluding tert-OH is 1. The number of nitrogens with zero attached hydrogens (tertiary/aromatic N) is 3. The van der Waals surface area contributed by atoms with E-state index < -0.39 is 0 Å². The number of hydrogen-bond acceptors (Lipinski definition) is 5. The van der Waals surface area contributed by atoms with E-state index in [9.17, 15) is 9.90 Å². The van der Waals surface area contributed by atoms with E-state index in [0.717, 1.165) is 37.8 Å². The second-order valence-electron chi connectivity index (χ2n) is 6.59. The number of amides is 1. The summed E-state index contributed by atoms with van der Waals surface area (Å²) >= 11 is 0. The van der Waals surface area contributed by atoms with Crippen LogP contribution in [-0.4, -0.2) is 57.3 Å². The first-order valence-electron chi connectivity index (χ1n) is 8.44. The van der Waals surface area contributed by atoms with Gasteiger partial charge in [0.05, 0.1) is 29.0 Å². The number of carbonyl (C=O) groups is 1. The Balaban J connectivity index is 1.88. The fourth-order valence-corrected chi connectivity index (χ4v) is 4.04. The summed E-state index contributed by atoms with van der Waals surface area (Å²) in [5, 5.41) is 10.1. The molecular weight excluding hydrogens is 294 g/mol. The van der Waals surface area contributed by atoms with Crippen molar-refractivity contribution >= 4 is 5.91 Å². The van der Waals surface area contributed by atoms with Gasteiger partial charge in [-0.25, -0.2) is 9.97 Å². The SMILES string of the molecule is CCCc1ncncc1C(=O)N1CC[C@]2(OC)CC[C@H](O)C[C@H]12. The Kier molecular flexibility index (Phi) is 4.64. The van der Waals surface area contributed by atoms with E-state index in [2.05, 4.69) is 16.9 Å². The van der Waals surface area contributed by atoms with E-state index in [0.29, 0.717) is 18.5 Å². The molecule has 2 aliphatic rings. The number of carbonyl (C=O) groups excluding carboxylic acids is 1. The maximum atomic E-state index is 13.1. The molecular formula is C17H25N3O3. The zero-order valence-electron chi connectivity index (χ0n) is 13.9. The molecule has 2 heterocycles. The molecule has 0 radical (unpaired) electrons. The lowest BCUT2D eigenvalue weighted by Crippen LogP contribution is -2.52. The van der Waals surface area contributed by atoms with Crippen LogP contribution in [0.25, 0.3) is 0 Å². The second kappa shape index (κ2) is 6.53. The summed E-state index contributed by atoms with van der Waals surface area (Å²) in [4.78, 5) is 23.3. The Labute approximate surface area is 136 Å². The molecule has 1 N–H and O–H groups in total. The monoisotopic (exact) mass is 319 g/mol. The molecule has 0 bridgehead atoms. The van der Waals surface area contributed by atoms with Crippen LogP contribution in [0.3, 0.4) is 0 Å². The van der Waals surface area contributed by atoms with Crippen LogP contribution in [-0.2, 0) is 11.2 Å². The Hall–Kier alpha value is -1.53. The number of aryl methyl sites for hydroxylation is 1. The average molecular weight is 319 g/mol. The van der Waals surface area contributed by atoms with Crippen molar-refractivity contribution in [3.8, 4) is 0 Å². The Morgan fingerprint density at radius 3 is 3.09 bits per heavy atom. The van der Waals surface area contributed by atoms with E-state index >= 15 is 0 Å². The summed E-state index contributed by atoms with van der Waals surface area (Å²) in [5.41, 5.74) is 1.08. The summed E-state index contributed by atoms with van der Waals surface area (Å²) in [6, 6.07) is -0.0709. The molecule has 1 aromatic heterocycles. The van der Waals surface area contributed by atoms with Crippen LogP contribution < -0.4 is 0 Å². The molecule has 3 rings (SSSR count). The molecule has 1 aliphatic heterocycles. The molecule has 6 nitrogen and oxygen atoms in total. The number of ether oxygens (including phenoxy) is 1. The van der Waals surface area contributed by atoms with Crippen LogP contribution in [0, 0.1) is 0 Å². The molecule has 0 unspecified atom stereocenters. The number of methoxy groups -OCH3 is 1. The average Bonchev–Trinajstić information content (AvgIpc) is 2.94. The summed E-state index contributed by atoms with van der Waals surface area (Å²) in [6.07, 6.45) is 7.39. The third-order valence-electron chi connectivity index (χ3n) is 5.33. The van der Waals surface area contributed by atoms with Gasteiger partial charge in [0.25, 0.3) is 5.91 Å². The Morgan fingerprint density at radius 2 is 2.35 bits per heavy atom. The molecule has 23 heavy (non-hydrogen) atoms. The van der Waals surface area contributed by atoms with Gasteiger partial charge in [0.15, 0.2) is 0 Å². The van der Waals surface area contributed by atoms with Crippen LogP contribution in [0.1, 0.15) is 55.1 Å². The van der Waals surface area contributed by atoms with Gasteiger partial charge < -0.3 is 14.7 Å². The maximum Gasteiger partial charge on any atom is 0.257 e. The van der Waals surface area contributed by atoms with Gasteiger partial charge in [0.1, 0.15) is 6.33 Å². The molecule has 0 spiro atoms. The minimum absolute atomic E-state index is 0.0351. The Morgan fingerprint density at radius 1 is 1.52 bits per heavy atom. The molecule has 2 fully saturated rings. The van der Waals surface area contributed by atoms with Gasteiger partial charge in [-0.1, -0.05) is 13.3 Å². The Bertz CT molecular complexity index is 580. The number of aromatic nitrogens is 2. The van der Waals surface area contributed by atoms with E-state index in [-0.39, 0.29) is 23.7 Å². The first-order chi connectivity index (χ1) is 11.1.